The van der Waals surface area contributed by atoms with E-state index in [0.717, 1.165) is 10.4 Å². The molecule has 1 N–H and O–H groups in total. The highest BCUT2D eigenvalue weighted by atomic mass is 32.3. The average molecular weight is 413 g/mol. The van der Waals surface area contributed by atoms with Crippen molar-refractivity contribution >= 4 is 37.3 Å². The van der Waals surface area contributed by atoms with E-state index in [1.165, 1.54) is 21.1 Å². The molecule has 2 heterocycles. The quantitative estimate of drug-likeness (QED) is 0.412. The lowest BCUT2D eigenvalue weighted by Crippen LogP contribution is -2.39. The maximum Gasteiger partial charge on any atom is 0.294 e. The zero-order chi connectivity index (χ0) is 18.8. The molecule has 0 unspecified atom stereocenters. The van der Waals surface area contributed by atoms with Crippen molar-refractivity contribution in [2.75, 3.05) is 33.9 Å². The normalized spacial score (nSPS) is 21.1. The smallest absolute Gasteiger partial charge is 0.294 e. The molecule has 1 aromatic heterocycles. The van der Waals surface area contributed by atoms with Crippen molar-refractivity contribution in [2.24, 2.45) is 4.40 Å². The van der Waals surface area contributed by atoms with Gasteiger partial charge in [-0.2, -0.15) is 12.7 Å². The van der Waals surface area contributed by atoms with Crippen LogP contribution in [0.15, 0.2) is 18.9 Å². The molecular formula is C13H20N2O7S3. The first kappa shape index (κ1) is 20.3. The predicted molar refractivity (Wildman–Crippen MR) is 91.8 cm³/mol. The highest BCUT2D eigenvalue weighted by molar-refractivity contribution is 7.94. The third-order valence-electron chi connectivity index (χ3n) is 3.57. The van der Waals surface area contributed by atoms with Crippen molar-refractivity contribution in [3.8, 4) is 0 Å². The van der Waals surface area contributed by atoms with Crippen LogP contribution in [0.2, 0.25) is 0 Å². The summed E-state index contributed by atoms with van der Waals surface area (Å²) in [5, 5.41) is 10.2. The minimum atomic E-state index is -4.11. The molecule has 1 aromatic rings. The van der Waals surface area contributed by atoms with E-state index < -0.39 is 26.2 Å². The van der Waals surface area contributed by atoms with Crippen LogP contribution in [0.25, 0.3) is 0 Å². The lowest BCUT2D eigenvalue weighted by Gasteiger charge is -2.29. The summed E-state index contributed by atoms with van der Waals surface area (Å²) in [6.45, 7) is 1.79. The summed E-state index contributed by atoms with van der Waals surface area (Å²) >= 11 is 0.577. The van der Waals surface area contributed by atoms with Crippen LogP contribution in [0.4, 0.5) is 0 Å². The Hall–Kier alpha value is -1.05. The molecule has 0 radical (unpaired) electrons. The van der Waals surface area contributed by atoms with Crippen molar-refractivity contribution in [3.05, 3.63) is 11.6 Å². The average Bonchev–Trinajstić information content (AvgIpc) is 3.00. The zero-order valence-electron chi connectivity index (χ0n) is 14.0. The fourth-order valence-corrected chi connectivity index (χ4v) is 7.12. The lowest BCUT2D eigenvalue weighted by molar-refractivity contribution is 0.131. The number of methoxy groups -OCH3 is 2. The van der Waals surface area contributed by atoms with Crippen LogP contribution in [-0.2, 0) is 29.5 Å². The molecule has 2 rings (SSSR count). The van der Waals surface area contributed by atoms with E-state index >= 15 is 0 Å². The Bertz CT molecular complexity index is 858. The zero-order valence-corrected chi connectivity index (χ0v) is 16.4. The van der Waals surface area contributed by atoms with Crippen LogP contribution < -0.4 is 0 Å². The number of hydrogen-bond acceptors (Lipinski definition) is 8. The van der Waals surface area contributed by atoms with E-state index in [9.17, 15) is 21.9 Å². The van der Waals surface area contributed by atoms with Crippen molar-refractivity contribution in [2.45, 2.75) is 27.9 Å². The van der Waals surface area contributed by atoms with E-state index in [2.05, 4.69) is 4.40 Å². The Balaban J connectivity index is 2.43. The number of hydrogen-bond donors (Lipinski definition) is 1. The fraction of sp³-hybridized carbons (Fsp3) is 0.615. The molecule has 0 fully saturated rings. The molecule has 1 aliphatic rings. The first-order valence-corrected chi connectivity index (χ1v) is 11.0. The van der Waals surface area contributed by atoms with Gasteiger partial charge >= 0.3 is 0 Å². The molecule has 142 valence electrons. The van der Waals surface area contributed by atoms with Gasteiger partial charge in [0, 0.05) is 39.3 Å². The van der Waals surface area contributed by atoms with Gasteiger partial charge in [0.2, 0.25) is 0 Å². The van der Waals surface area contributed by atoms with Gasteiger partial charge < -0.3 is 14.6 Å². The van der Waals surface area contributed by atoms with Crippen LogP contribution in [0.5, 0.6) is 0 Å². The second-order valence-corrected chi connectivity index (χ2v) is 10.3. The summed E-state index contributed by atoms with van der Waals surface area (Å²) in [5.74, 6) is -0.0732. The van der Waals surface area contributed by atoms with Gasteiger partial charge in [-0.15, -0.1) is 15.7 Å². The van der Waals surface area contributed by atoms with Crippen molar-refractivity contribution in [3.63, 3.8) is 0 Å². The second-order valence-electron chi connectivity index (χ2n) is 5.32. The fourth-order valence-electron chi connectivity index (χ4n) is 2.28. The maximum absolute atomic E-state index is 12.7. The molecule has 0 aromatic carbocycles. The Kier molecular flexibility index (Phi) is 6.22. The van der Waals surface area contributed by atoms with E-state index in [1.807, 2.05) is 0 Å². The van der Waals surface area contributed by atoms with Gasteiger partial charge in [-0.3, -0.25) is 0 Å². The summed E-state index contributed by atoms with van der Waals surface area (Å²) in [5.41, 5.74) is 0.0804. The summed E-state index contributed by atoms with van der Waals surface area (Å²) < 4.78 is 63.7. The molecule has 12 heteroatoms. The largest absolute Gasteiger partial charge is 0.484 e. The second kappa shape index (κ2) is 7.68. The van der Waals surface area contributed by atoms with Crippen molar-refractivity contribution in [1.29, 1.82) is 0 Å². The maximum atomic E-state index is 12.7. The lowest BCUT2D eigenvalue weighted by atomic mass is 10.2. The predicted octanol–water partition coefficient (Wildman–Crippen LogP) is 0.576. The number of fused-ring (bicyclic) bond motifs is 1. The molecule has 25 heavy (non-hydrogen) atoms. The molecule has 0 bridgehead atoms. The molecule has 0 saturated heterocycles. The van der Waals surface area contributed by atoms with Crippen LogP contribution in [0.3, 0.4) is 0 Å². The summed E-state index contributed by atoms with van der Waals surface area (Å²) in [7, 11) is -5.20. The van der Waals surface area contributed by atoms with Crippen molar-refractivity contribution < 1.29 is 31.4 Å². The highest BCUT2D eigenvalue weighted by Crippen LogP contribution is 2.40. The standard InChI is InChI=1S/C13H20N2O7S3/c1-9(22-3)14-24(17,18)12-7-10-11(16)8-15(5-4-6-21-2)25(19,20)13(10)23-12/h7,11,16H,4-6,8H2,1-3H3/b14-9+/t11-/m0/s1. The highest BCUT2D eigenvalue weighted by Gasteiger charge is 2.39. The summed E-state index contributed by atoms with van der Waals surface area (Å²) in [6, 6.07) is 1.16. The Morgan fingerprint density at radius 1 is 1.48 bits per heavy atom. The molecule has 9 nitrogen and oxygen atoms in total. The summed E-state index contributed by atoms with van der Waals surface area (Å²) in [6.07, 6.45) is -0.639. The molecule has 1 atom stereocenters. The first-order chi connectivity index (χ1) is 11.6. The van der Waals surface area contributed by atoms with Gasteiger partial charge in [0.15, 0.2) is 5.90 Å². The third kappa shape index (κ3) is 4.20. The Morgan fingerprint density at radius 3 is 2.76 bits per heavy atom. The Labute approximate surface area is 151 Å². The van der Waals surface area contributed by atoms with Gasteiger partial charge in [0.25, 0.3) is 20.0 Å². The number of aliphatic hydroxyl groups excluding tert-OH is 1. The summed E-state index contributed by atoms with van der Waals surface area (Å²) in [4.78, 5) is 0. The minimum absolute atomic E-state index is 0.0732. The minimum Gasteiger partial charge on any atom is -0.484 e. The molecule has 0 spiro atoms. The van der Waals surface area contributed by atoms with E-state index in [-0.39, 0.29) is 33.0 Å². The topological polar surface area (TPSA) is 123 Å². The van der Waals surface area contributed by atoms with Crippen LogP contribution in [0, 0.1) is 0 Å². The van der Waals surface area contributed by atoms with Gasteiger partial charge in [-0.05, 0) is 12.5 Å². The van der Waals surface area contributed by atoms with Gasteiger partial charge in [-0.1, -0.05) is 0 Å². The SMILES string of the molecule is COCCCN1C[C@H](O)c2cc(S(=O)(=O)/N=C(\C)OC)sc2S1(=O)=O. The molecular weight excluding hydrogens is 392 g/mol. The van der Waals surface area contributed by atoms with Gasteiger partial charge in [0.05, 0.1) is 13.2 Å². The monoisotopic (exact) mass is 412 g/mol. The van der Waals surface area contributed by atoms with Gasteiger partial charge in [0.1, 0.15) is 8.42 Å². The number of nitrogens with zero attached hydrogens (tertiary/aromatic N) is 2. The van der Waals surface area contributed by atoms with E-state index in [0.29, 0.717) is 24.4 Å². The van der Waals surface area contributed by atoms with Crippen LogP contribution in [-0.4, -0.2) is 66.1 Å². The van der Waals surface area contributed by atoms with Crippen LogP contribution >= 0.6 is 11.3 Å². The van der Waals surface area contributed by atoms with E-state index in [1.54, 1.807) is 0 Å². The number of thiophene rings is 1. The molecule has 1 aliphatic heterocycles. The number of β-amino-alcohol motifs (C(OH)–C–C–N with tert-alkyl or cyclic N) is 1. The van der Waals surface area contributed by atoms with Crippen LogP contribution in [0.1, 0.15) is 25.0 Å². The molecule has 0 aliphatic carbocycles. The number of sulfonamides is 2. The third-order valence-corrected chi connectivity index (χ3v) is 8.91. The van der Waals surface area contributed by atoms with E-state index in [4.69, 9.17) is 9.47 Å². The Morgan fingerprint density at radius 2 is 2.16 bits per heavy atom. The molecule has 0 amide bonds. The van der Waals surface area contributed by atoms with Crippen molar-refractivity contribution in [1.82, 2.24) is 4.31 Å². The number of ether oxygens (including phenoxy) is 2. The van der Waals surface area contributed by atoms with Gasteiger partial charge in [-0.25, -0.2) is 8.42 Å². The molecule has 0 saturated carbocycles. The number of rotatable bonds is 6. The number of aliphatic hydroxyl groups is 1. The first-order valence-electron chi connectivity index (χ1n) is 7.30.